The quantitative estimate of drug-likeness (QED) is 0.344. The molecule has 0 heterocycles. The largest absolute Gasteiger partial charge is 0.484 e. The molecule has 5 nitrogen and oxygen atoms in total. The second-order valence-corrected chi connectivity index (χ2v) is 8.43. The number of unbranched alkanes of at least 4 members (excludes halogenated alkanes) is 2. The number of anilines is 1. The summed E-state index contributed by atoms with van der Waals surface area (Å²) in [5.41, 5.74) is 3.16. The number of nitrogens with one attached hydrogen (secondary N) is 2. The van der Waals surface area contributed by atoms with Crippen LogP contribution >= 0.6 is 0 Å². The lowest BCUT2D eigenvalue weighted by Crippen LogP contribution is -2.29. The summed E-state index contributed by atoms with van der Waals surface area (Å²) < 4.78 is 5.61. The molecule has 0 saturated heterocycles. The molecule has 0 saturated carbocycles. The van der Waals surface area contributed by atoms with Crippen LogP contribution in [-0.2, 0) is 11.3 Å². The molecular formula is C27H41N3O2. The van der Waals surface area contributed by atoms with Crippen LogP contribution in [-0.4, -0.2) is 43.6 Å². The van der Waals surface area contributed by atoms with Crippen LogP contribution in [0.5, 0.6) is 5.75 Å². The Morgan fingerprint density at radius 3 is 2.12 bits per heavy atom. The number of hydrogen-bond donors (Lipinski definition) is 2. The van der Waals surface area contributed by atoms with Gasteiger partial charge in [0.25, 0.3) is 5.91 Å². The van der Waals surface area contributed by atoms with Crippen LogP contribution in [0.15, 0.2) is 48.5 Å². The minimum atomic E-state index is -0.161. The Kier molecular flexibility index (Phi) is 12.5. The first-order valence-electron chi connectivity index (χ1n) is 12.1. The Hall–Kier alpha value is -2.37. The molecule has 0 aliphatic carbocycles. The van der Waals surface area contributed by atoms with Crippen molar-refractivity contribution in [2.24, 2.45) is 0 Å². The van der Waals surface area contributed by atoms with Crippen molar-refractivity contribution < 1.29 is 9.53 Å². The van der Waals surface area contributed by atoms with Crippen molar-refractivity contribution in [1.29, 1.82) is 0 Å². The van der Waals surface area contributed by atoms with Crippen LogP contribution in [0.4, 0.5) is 5.69 Å². The Morgan fingerprint density at radius 1 is 0.875 bits per heavy atom. The molecule has 0 spiro atoms. The van der Waals surface area contributed by atoms with Crippen molar-refractivity contribution in [1.82, 2.24) is 10.2 Å². The van der Waals surface area contributed by atoms with E-state index in [4.69, 9.17) is 4.74 Å². The number of rotatable bonds is 16. The van der Waals surface area contributed by atoms with Crippen molar-refractivity contribution in [3.63, 3.8) is 0 Å². The second kappa shape index (κ2) is 15.4. The Bertz CT molecular complexity index is 751. The molecule has 0 radical (unpaired) electrons. The van der Waals surface area contributed by atoms with Crippen LogP contribution in [0, 0.1) is 6.92 Å². The lowest BCUT2D eigenvalue weighted by molar-refractivity contribution is -0.118. The lowest BCUT2D eigenvalue weighted by Gasteiger charge is -2.22. The van der Waals surface area contributed by atoms with Gasteiger partial charge in [-0.2, -0.15) is 0 Å². The summed E-state index contributed by atoms with van der Waals surface area (Å²) in [6.07, 6.45) is 6.28. The summed E-state index contributed by atoms with van der Waals surface area (Å²) in [4.78, 5) is 14.7. The van der Waals surface area contributed by atoms with Crippen molar-refractivity contribution >= 4 is 11.6 Å². The number of amides is 1. The third kappa shape index (κ3) is 10.8. The third-order valence-electron chi connectivity index (χ3n) is 5.44. The zero-order valence-electron chi connectivity index (χ0n) is 20.2. The fourth-order valence-electron chi connectivity index (χ4n) is 3.45. The number of nitrogens with zero attached hydrogens (tertiary/aromatic N) is 1. The number of ether oxygens (including phenoxy) is 1. The molecular weight excluding hydrogens is 398 g/mol. The standard InChI is InChI=1S/C27H41N3O2/c1-4-6-18-30(19-7-5-2)20-8-17-28-21-24-11-15-26(16-12-24)32-22-27(31)29-25-13-9-23(3)10-14-25/h9-16,28H,4-8,17-22H2,1-3H3,(H,29,31). The van der Waals surface area contributed by atoms with Gasteiger partial charge in [-0.3, -0.25) is 4.79 Å². The molecule has 32 heavy (non-hydrogen) atoms. The van der Waals surface area contributed by atoms with E-state index in [0.717, 1.165) is 24.3 Å². The Morgan fingerprint density at radius 2 is 1.50 bits per heavy atom. The molecule has 0 aliphatic rings. The molecule has 0 aliphatic heterocycles. The van der Waals surface area contributed by atoms with Crippen LogP contribution < -0.4 is 15.4 Å². The maximum Gasteiger partial charge on any atom is 0.262 e. The summed E-state index contributed by atoms with van der Waals surface area (Å²) in [7, 11) is 0. The first kappa shape index (κ1) is 25.9. The van der Waals surface area contributed by atoms with Gasteiger partial charge in [-0.05, 0) is 82.2 Å². The van der Waals surface area contributed by atoms with Crippen LogP contribution in [0.2, 0.25) is 0 Å². The summed E-state index contributed by atoms with van der Waals surface area (Å²) >= 11 is 0. The molecule has 0 bridgehead atoms. The summed E-state index contributed by atoms with van der Waals surface area (Å²) in [5.74, 6) is 0.543. The normalized spacial score (nSPS) is 11.0. The highest BCUT2D eigenvalue weighted by atomic mass is 16.5. The molecule has 0 aromatic heterocycles. The second-order valence-electron chi connectivity index (χ2n) is 8.43. The average Bonchev–Trinajstić information content (AvgIpc) is 2.81. The van der Waals surface area contributed by atoms with Gasteiger partial charge in [-0.25, -0.2) is 0 Å². The summed E-state index contributed by atoms with van der Waals surface area (Å²) in [6.45, 7) is 12.0. The highest BCUT2D eigenvalue weighted by Gasteiger charge is 2.05. The van der Waals surface area contributed by atoms with E-state index in [1.165, 1.54) is 57.3 Å². The highest BCUT2D eigenvalue weighted by molar-refractivity contribution is 5.91. The molecule has 2 rings (SSSR count). The number of carbonyl (C=O) groups is 1. The van der Waals surface area contributed by atoms with E-state index in [0.29, 0.717) is 5.75 Å². The van der Waals surface area contributed by atoms with E-state index >= 15 is 0 Å². The molecule has 1 amide bonds. The minimum absolute atomic E-state index is 0.00195. The topological polar surface area (TPSA) is 53.6 Å². The Labute approximate surface area is 194 Å². The van der Waals surface area contributed by atoms with Gasteiger partial charge in [-0.1, -0.05) is 56.5 Å². The van der Waals surface area contributed by atoms with Crippen molar-refractivity contribution in [2.75, 3.05) is 38.1 Å². The van der Waals surface area contributed by atoms with E-state index in [1.54, 1.807) is 0 Å². The van der Waals surface area contributed by atoms with Gasteiger partial charge in [0.05, 0.1) is 0 Å². The predicted molar refractivity (Wildman–Crippen MR) is 134 cm³/mol. The predicted octanol–water partition coefficient (Wildman–Crippen LogP) is 5.39. The van der Waals surface area contributed by atoms with Crippen molar-refractivity contribution in [3.8, 4) is 5.75 Å². The molecule has 2 N–H and O–H groups in total. The van der Waals surface area contributed by atoms with Gasteiger partial charge >= 0.3 is 0 Å². The van der Waals surface area contributed by atoms with Gasteiger partial charge in [0, 0.05) is 12.2 Å². The van der Waals surface area contributed by atoms with Gasteiger partial charge < -0.3 is 20.3 Å². The fraction of sp³-hybridized carbons (Fsp3) is 0.519. The number of carbonyl (C=O) groups excluding carboxylic acids is 1. The van der Waals surface area contributed by atoms with Gasteiger partial charge in [0.2, 0.25) is 0 Å². The first-order chi connectivity index (χ1) is 15.6. The molecule has 176 valence electrons. The average molecular weight is 440 g/mol. The van der Waals surface area contributed by atoms with Crippen molar-refractivity contribution in [3.05, 3.63) is 59.7 Å². The highest BCUT2D eigenvalue weighted by Crippen LogP contribution is 2.13. The molecule has 2 aromatic rings. The van der Waals surface area contributed by atoms with Gasteiger partial charge in [0.1, 0.15) is 5.75 Å². The minimum Gasteiger partial charge on any atom is -0.484 e. The monoisotopic (exact) mass is 439 g/mol. The number of hydrogen-bond acceptors (Lipinski definition) is 4. The summed E-state index contributed by atoms with van der Waals surface area (Å²) in [6, 6.07) is 15.7. The molecule has 0 fully saturated rings. The fourth-order valence-corrected chi connectivity index (χ4v) is 3.45. The van der Waals surface area contributed by atoms with E-state index < -0.39 is 0 Å². The maximum atomic E-state index is 12.1. The smallest absolute Gasteiger partial charge is 0.262 e. The van der Waals surface area contributed by atoms with E-state index in [1.807, 2.05) is 43.3 Å². The molecule has 0 unspecified atom stereocenters. The van der Waals surface area contributed by atoms with Crippen LogP contribution in [0.1, 0.15) is 57.1 Å². The number of aryl methyl sites for hydroxylation is 1. The van der Waals surface area contributed by atoms with E-state index in [-0.39, 0.29) is 12.5 Å². The van der Waals surface area contributed by atoms with E-state index in [9.17, 15) is 4.79 Å². The molecule has 2 aromatic carbocycles. The zero-order chi connectivity index (χ0) is 23.0. The summed E-state index contributed by atoms with van der Waals surface area (Å²) in [5, 5.41) is 6.38. The number of benzene rings is 2. The first-order valence-corrected chi connectivity index (χ1v) is 12.1. The Balaban J connectivity index is 1.62. The van der Waals surface area contributed by atoms with Crippen LogP contribution in [0.25, 0.3) is 0 Å². The van der Waals surface area contributed by atoms with Crippen LogP contribution in [0.3, 0.4) is 0 Å². The van der Waals surface area contributed by atoms with Gasteiger partial charge in [0.15, 0.2) is 6.61 Å². The SMILES string of the molecule is CCCCN(CCCC)CCCNCc1ccc(OCC(=O)Nc2ccc(C)cc2)cc1. The lowest BCUT2D eigenvalue weighted by atomic mass is 10.2. The van der Waals surface area contributed by atoms with E-state index in [2.05, 4.69) is 41.5 Å². The third-order valence-corrected chi connectivity index (χ3v) is 5.44. The van der Waals surface area contributed by atoms with Gasteiger partial charge in [-0.15, -0.1) is 0 Å². The maximum absolute atomic E-state index is 12.1. The van der Waals surface area contributed by atoms with Crippen molar-refractivity contribution in [2.45, 2.75) is 59.4 Å². The molecule has 5 heteroatoms. The molecule has 0 atom stereocenters. The zero-order valence-corrected chi connectivity index (χ0v) is 20.2.